The Morgan fingerprint density at radius 3 is 0.895 bits per heavy atom. The highest BCUT2D eigenvalue weighted by molar-refractivity contribution is 9.10. The normalized spacial score (nSPS) is 14.3. The van der Waals surface area contributed by atoms with Gasteiger partial charge in [-0.25, -0.2) is 28.8 Å². The number of nitrogens with zero attached hydrogens (tertiary/aromatic N) is 3. The molecule has 10 aromatic carbocycles. The van der Waals surface area contributed by atoms with Gasteiger partial charge in [0.25, 0.3) is 23.6 Å². The summed E-state index contributed by atoms with van der Waals surface area (Å²) >= 11 is 6.58. The van der Waals surface area contributed by atoms with Crippen molar-refractivity contribution in [2.45, 2.75) is 181 Å². The highest BCUT2D eigenvalue weighted by Crippen LogP contribution is 2.40. The van der Waals surface area contributed by atoms with Gasteiger partial charge in [0.2, 0.25) is 0 Å². The number of methoxy groups -OCH3 is 4. The fourth-order valence-corrected chi connectivity index (χ4v) is 18.8. The summed E-state index contributed by atoms with van der Waals surface area (Å²) in [6.45, 7) is 45.7. The number of nitrogens with one attached hydrogen (secondary N) is 4. The number of rotatable bonds is 22. The summed E-state index contributed by atoms with van der Waals surface area (Å²) < 4.78 is 27.3. The summed E-state index contributed by atoms with van der Waals surface area (Å²) in [5, 5.41) is 49.1. The summed E-state index contributed by atoms with van der Waals surface area (Å²) in [7, 11) is 3.62. The Balaban J connectivity index is 0.000000218. The molecule has 3 atom stereocenters. The Morgan fingerprint density at radius 2 is 0.601 bits per heavy atom. The predicted octanol–water partition coefficient (Wildman–Crippen LogP) is 23.1. The zero-order valence-electron chi connectivity index (χ0n) is 86.9. The van der Waals surface area contributed by atoms with Crippen molar-refractivity contribution in [3.8, 4) is 0 Å². The van der Waals surface area contributed by atoms with Crippen LogP contribution in [0.15, 0.2) is 161 Å². The van der Waals surface area contributed by atoms with E-state index in [2.05, 4.69) is 112 Å². The molecule has 3 aliphatic heterocycles. The van der Waals surface area contributed by atoms with Gasteiger partial charge in [-0.2, -0.15) is 0 Å². The number of anilines is 8. The molecule has 0 aromatic heterocycles. The lowest BCUT2D eigenvalue weighted by atomic mass is 9.97. The number of nitrogens with two attached hydrogens (primary N) is 1. The molecule has 13 rings (SSSR count). The lowest BCUT2D eigenvalue weighted by molar-refractivity contribution is 0.0591. The fraction of sp³-hybridized carbons (Fsp3) is 0.381. The van der Waals surface area contributed by atoms with E-state index in [0.717, 1.165) is 165 Å². The number of esters is 4. The van der Waals surface area contributed by atoms with Gasteiger partial charge < -0.3 is 85.5 Å². The van der Waals surface area contributed by atoms with Crippen LogP contribution in [-0.2, 0) is 23.4 Å². The SMILES string of the molecule is COC(=O)c1ccc(C)c(N)c1C.COC(=O)c1ccc(C)c(NC(=O)c2cc(Br)ccc2C)c1C.COC(=O)c1ccc(C)c(NC(=O)c2cc(N3CCCC(CO)C3)ccc2C)c1C.COC(=O)c1ccc(C)c(NC(=O)c2cc(N3CCCC(CO[Si](C)(C)C(C)(C)C)C3)ccc2C)c1C.Cc1ccc(Br)cc1C(=O)O.Cc1ccc(N2CCCC(CO)C2)cc1C(=O)Nc1c(C)ccc(C(=O)O)c1C. The Bertz CT molecular complexity index is 6350. The van der Waals surface area contributed by atoms with E-state index < -0.39 is 38.2 Å². The van der Waals surface area contributed by atoms with Crippen molar-refractivity contribution in [2.75, 3.05) is 129 Å². The van der Waals surface area contributed by atoms with E-state index in [1.807, 2.05) is 155 Å². The van der Waals surface area contributed by atoms with Crippen LogP contribution in [0.3, 0.4) is 0 Å². The van der Waals surface area contributed by atoms with E-state index in [4.69, 9.17) is 29.5 Å². The Hall–Kier alpha value is -12.8. The molecule has 10 aromatic rings. The third-order valence-corrected chi connectivity index (χ3v) is 32.6. The molecule has 0 radical (unpaired) electrons. The van der Waals surface area contributed by atoms with E-state index in [0.29, 0.717) is 107 Å². The molecular weight excluding hydrogens is 1960 g/mol. The first-order valence-corrected chi connectivity index (χ1v) is 52.2. The number of aliphatic hydroxyl groups excluding tert-OH is 2. The molecule has 143 heavy (non-hydrogen) atoms. The van der Waals surface area contributed by atoms with Crippen molar-refractivity contribution in [3.05, 3.63) is 300 Å². The molecular formula is C113H140Br2N8O19Si. The number of carbonyl (C=O) groups excluding carboxylic acids is 8. The van der Waals surface area contributed by atoms with E-state index in [-0.39, 0.29) is 65.2 Å². The smallest absolute Gasteiger partial charge is 0.338 e. The maximum atomic E-state index is 13.4. The molecule has 0 spiro atoms. The second kappa shape index (κ2) is 52.4. The number of amides is 4. The van der Waals surface area contributed by atoms with Crippen LogP contribution in [0.2, 0.25) is 18.1 Å². The number of piperidine rings is 3. The topological polar surface area (TPSA) is 382 Å². The van der Waals surface area contributed by atoms with E-state index in [1.54, 1.807) is 94.4 Å². The van der Waals surface area contributed by atoms with E-state index in [9.17, 15) is 63.3 Å². The van der Waals surface area contributed by atoms with Gasteiger partial charge in [0.05, 0.1) is 61.8 Å². The zero-order valence-corrected chi connectivity index (χ0v) is 91.0. The van der Waals surface area contributed by atoms with Gasteiger partial charge in [0.1, 0.15) is 0 Å². The summed E-state index contributed by atoms with van der Waals surface area (Å²) in [5.74, 6) is -3.35. The quantitative estimate of drug-likeness (QED) is 0.0132. The minimum Gasteiger partial charge on any atom is -0.478 e. The van der Waals surface area contributed by atoms with Crippen molar-refractivity contribution in [1.82, 2.24) is 0 Å². The number of ether oxygens (including phenoxy) is 4. The Labute approximate surface area is 859 Å². The number of halogens is 2. The number of aryl methyl sites for hydroxylation is 10. The minimum absolute atomic E-state index is 0.175. The molecule has 0 aliphatic carbocycles. The van der Waals surface area contributed by atoms with Gasteiger partial charge in [-0.3, -0.25) is 19.2 Å². The third-order valence-electron chi connectivity index (χ3n) is 27.2. The first-order valence-electron chi connectivity index (χ1n) is 47.7. The Morgan fingerprint density at radius 1 is 0.350 bits per heavy atom. The number of aliphatic hydroxyl groups is 2. The molecule has 0 saturated carbocycles. The molecule has 3 unspecified atom stereocenters. The second-order valence-corrected chi connectivity index (χ2v) is 44.9. The standard InChI is InChI=1S/C30H44N2O4Si.C24H30N2O4.C23H28N2O4.C18H18BrNO3.C10H13NO2.C8H7BrO2/c1-20-12-14-24(32-16-10-11-23(18-32)19-36-37(8,9)30(4,5)6)17-26(20)28(33)31-27-21(2)13-15-25(22(27)3)29(34)35-7;1-15-7-9-19(26-11-5-6-18(13-26)14-27)12-21(15)23(28)25-22-16(2)8-10-20(17(22)3)24(29)30-4;1-14-6-8-18(25-10-4-5-17(12-25)13-26)11-20(14)22(27)24-21-15(2)7-9-19(16(21)3)23(28)29;1-10-5-7-13(19)9-15(10)17(21)20-16-11(2)6-8-14(12(16)3)18(22)23-4;1-6-4-5-8(10(12)13-3)7(2)9(6)11;1-5-2-3-6(9)4-7(5)8(10)11/h12-15,17,23H,10-11,16,18-19H2,1-9H3,(H,31,33);7-10,12,18,27H,5-6,11,13-14H2,1-4H3,(H,25,28);6-9,11,17,26H,4-5,10,12-13H2,1-3H3,(H,24,27)(H,28,29);5-9H,1-4H3,(H,20,21);4-5H,11H2,1-3H3;2-4H,1H3,(H,10,11). The molecule has 3 heterocycles. The summed E-state index contributed by atoms with van der Waals surface area (Å²) in [4.78, 5) is 128. The van der Waals surface area contributed by atoms with Crippen LogP contribution in [0.25, 0.3) is 0 Å². The molecule has 4 amide bonds. The maximum Gasteiger partial charge on any atom is 0.338 e. The van der Waals surface area contributed by atoms with Gasteiger partial charge in [-0.15, -0.1) is 0 Å². The third kappa shape index (κ3) is 30.4. The highest BCUT2D eigenvalue weighted by Gasteiger charge is 2.39. The molecule has 764 valence electrons. The number of nitrogen functional groups attached to an aromatic ring is 1. The van der Waals surface area contributed by atoms with E-state index in [1.165, 1.54) is 34.9 Å². The Kier molecular flexibility index (Phi) is 42.3. The van der Waals surface area contributed by atoms with Gasteiger partial charge in [-0.1, -0.05) is 113 Å². The van der Waals surface area contributed by atoms with Crippen molar-refractivity contribution in [2.24, 2.45) is 17.8 Å². The molecule has 3 fully saturated rings. The number of hydrogen-bond acceptors (Lipinski definition) is 21. The molecule has 27 nitrogen and oxygen atoms in total. The van der Waals surface area contributed by atoms with Crippen LogP contribution in [0, 0.1) is 122 Å². The lowest BCUT2D eigenvalue weighted by Crippen LogP contribution is -2.44. The van der Waals surface area contributed by atoms with Crippen molar-refractivity contribution >= 4 is 145 Å². The average Bonchev–Trinajstić information content (AvgIpc) is 0.803. The molecule has 3 saturated heterocycles. The van der Waals surface area contributed by atoms with Crippen LogP contribution in [0.1, 0.15) is 246 Å². The first kappa shape index (κ1) is 115. The average molecular weight is 2100 g/mol. The highest BCUT2D eigenvalue weighted by atomic mass is 79.9. The first-order chi connectivity index (χ1) is 67.4. The second-order valence-electron chi connectivity index (χ2n) is 38.3. The molecule has 0 bridgehead atoms. The maximum absolute atomic E-state index is 13.4. The monoisotopic (exact) mass is 2100 g/mol. The van der Waals surface area contributed by atoms with Gasteiger partial charge in [0.15, 0.2) is 8.32 Å². The number of carboxylic acids is 2. The summed E-state index contributed by atoms with van der Waals surface area (Å²) in [5.41, 5.74) is 28.8. The van der Waals surface area contributed by atoms with Crippen molar-refractivity contribution in [3.63, 3.8) is 0 Å². The number of hydrogen-bond donors (Lipinski definition) is 9. The fourth-order valence-electron chi connectivity index (χ4n) is 17.0. The summed E-state index contributed by atoms with van der Waals surface area (Å²) in [6.07, 6.45) is 6.37. The van der Waals surface area contributed by atoms with Crippen molar-refractivity contribution < 1.29 is 91.7 Å². The number of carboxylic acid groups (broad SMARTS) is 2. The van der Waals surface area contributed by atoms with Crippen LogP contribution in [0.4, 0.5) is 45.5 Å². The van der Waals surface area contributed by atoms with Crippen molar-refractivity contribution in [1.29, 1.82) is 0 Å². The number of aromatic carboxylic acids is 2. The molecule has 3 aliphatic rings. The van der Waals surface area contributed by atoms with Crippen LogP contribution >= 0.6 is 31.9 Å². The summed E-state index contributed by atoms with van der Waals surface area (Å²) in [6, 6.07) is 46.0. The number of carbonyl (C=O) groups is 10. The minimum atomic E-state index is -1.78. The molecule has 30 heteroatoms. The van der Waals surface area contributed by atoms with Crippen LogP contribution < -0.4 is 41.7 Å². The van der Waals surface area contributed by atoms with Crippen LogP contribution in [0.5, 0.6) is 0 Å². The van der Waals surface area contributed by atoms with Gasteiger partial charge >= 0.3 is 35.8 Å². The molecule has 10 N–H and O–H groups in total. The van der Waals surface area contributed by atoms with E-state index >= 15 is 0 Å². The number of benzene rings is 10. The predicted molar refractivity (Wildman–Crippen MR) is 579 cm³/mol. The zero-order chi connectivity index (χ0) is 106. The van der Waals surface area contributed by atoms with Gasteiger partial charge in [-0.05, 0) is 353 Å². The van der Waals surface area contributed by atoms with Crippen LogP contribution in [-0.4, -0.2) is 176 Å². The van der Waals surface area contributed by atoms with Gasteiger partial charge in [0, 0.05) is 136 Å². The largest absolute Gasteiger partial charge is 0.478 e. The lowest BCUT2D eigenvalue weighted by Gasteiger charge is -2.40.